The third kappa shape index (κ3) is 2.64. The Labute approximate surface area is 174 Å². The number of ether oxygens (including phenoxy) is 6. The van der Waals surface area contributed by atoms with Crippen LogP contribution >= 0.6 is 0 Å². The summed E-state index contributed by atoms with van der Waals surface area (Å²) in [6.45, 7) is 1.01. The van der Waals surface area contributed by atoms with Crippen LogP contribution in [0.4, 0.5) is 0 Å². The van der Waals surface area contributed by atoms with E-state index in [-0.39, 0.29) is 12.8 Å². The van der Waals surface area contributed by atoms with E-state index in [1.165, 1.54) is 0 Å². The van der Waals surface area contributed by atoms with Crippen molar-refractivity contribution >= 4 is 0 Å². The lowest BCUT2D eigenvalue weighted by molar-refractivity contribution is -0.142. The summed E-state index contributed by atoms with van der Waals surface area (Å²) in [6.07, 6.45) is -0.689. The summed E-state index contributed by atoms with van der Waals surface area (Å²) in [5.74, 6) is 3.01. The molecule has 0 spiro atoms. The van der Waals surface area contributed by atoms with E-state index in [1.807, 2.05) is 25.2 Å². The SMILES string of the molecule is COc1ccc2c(c1OC)[C@H](O)O[C@@H]2[C@H]1c2c(cc3c(c2OC)OCO3)CCN1C. The summed E-state index contributed by atoms with van der Waals surface area (Å²) in [4.78, 5) is 2.22. The van der Waals surface area contributed by atoms with Gasteiger partial charge >= 0.3 is 0 Å². The number of likely N-dealkylation sites (N-methyl/N-ethyl adjacent to an activating group) is 1. The fourth-order valence-electron chi connectivity index (χ4n) is 4.84. The van der Waals surface area contributed by atoms with Crippen LogP contribution in [0.2, 0.25) is 0 Å². The largest absolute Gasteiger partial charge is 0.493 e. The number of benzene rings is 2. The van der Waals surface area contributed by atoms with Crippen molar-refractivity contribution in [3.8, 4) is 28.7 Å². The van der Waals surface area contributed by atoms with Gasteiger partial charge in [0.05, 0.1) is 32.9 Å². The second-order valence-corrected chi connectivity index (χ2v) is 7.60. The Morgan fingerprint density at radius 1 is 1.03 bits per heavy atom. The van der Waals surface area contributed by atoms with E-state index < -0.39 is 12.4 Å². The maximum Gasteiger partial charge on any atom is 0.231 e. The highest BCUT2D eigenvalue weighted by Crippen LogP contribution is 2.57. The number of methoxy groups -OCH3 is 3. The third-order valence-corrected chi connectivity index (χ3v) is 6.19. The molecule has 8 heteroatoms. The van der Waals surface area contributed by atoms with Gasteiger partial charge in [0.25, 0.3) is 0 Å². The molecule has 0 unspecified atom stereocenters. The summed E-state index contributed by atoms with van der Waals surface area (Å²) in [6, 6.07) is 5.61. The summed E-state index contributed by atoms with van der Waals surface area (Å²) >= 11 is 0. The molecule has 0 radical (unpaired) electrons. The van der Waals surface area contributed by atoms with Gasteiger partial charge in [-0.1, -0.05) is 6.07 Å². The van der Waals surface area contributed by atoms with E-state index in [4.69, 9.17) is 28.4 Å². The molecule has 0 saturated carbocycles. The van der Waals surface area contributed by atoms with Crippen LogP contribution in [-0.4, -0.2) is 51.7 Å². The lowest BCUT2D eigenvalue weighted by atomic mass is 9.85. The van der Waals surface area contributed by atoms with E-state index in [9.17, 15) is 5.11 Å². The molecule has 0 amide bonds. The van der Waals surface area contributed by atoms with E-state index in [2.05, 4.69) is 4.90 Å². The van der Waals surface area contributed by atoms with Crippen LogP contribution in [0.3, 0.4) is 0 Å². The molecule has 3 aliphatic heterocycles. The Morgan fingerprint density at radius 2 is 1.83 bits per heavy atom. The predicted molar refractivity (Wildman–Crippen MR) is 107 cm³/mol. The van der Waals surface area contributed by atoms with Crippen molar-refractivity contribution < 1.29 is 33.5 Å². The molecule has 2 aromatic rings. The van der Waals surface area contributed by atoms with Crippen molar-refractivity contribution in [2.24, 2.45) is 0 Å². The van der Waals surface area contributed by atoms with Crippen LogP contribution in [0, 0.1) is 0 Å². The Kier molecular flexibility index (Phi) is 4.65. The highest BCUT2D eigenvalue weighted by atomic mass is 16.7. The molecule has 0 aliphatic carbocycles. The first-order valence-electron chi connectivity index (χ1n) is 9.86. The highest BCUT2D eigenvalue weighted by molar-refractivity contribution is 5.63. The predicted octanol–water partition coefficient (Wildman–Crippen LogP) is 2.73. The molecular weight excluding hydrogens is 390 g/mol. The molecule has 0 aromatic heterocycles. The van der Waals surface area contributed by atoms with Gasteiger partial charge in [-0.15, -0.1) is 0 Å². The molecule has 5 rings (SSSR count). The number of aliphatic hydroxyl groups is 1. The molecule has 0 fully saturated rings. The fourth-order valence-corrected chi connectivity index (χ4v) is 4.84. The summed E-state index contributed by atoms with van der Waals surface area (Å²) in [5, 5.41) is 10.8. The molecule has 30 heavy (non-hydrogen) atoms. The molecule has 3 atom stereocenters. The monoisotopic (exact) mass is 415 g/mol. The van der Waals surface area contributed by atoms with Gasteiger partial charge in [0.1, 0.15) is 6.10 Å². The van der Waals surface area contributed by atoms with Crippen molar-refractivity contribution in [3.63, 3.8) is 0 Å². The molecule has 160 valence electrons. The Bertz CT molecular complexity index is 992. The quantitative estimate of drug-likeness (QED) is 0.817. The minimum Gasteiger partial charge on any atom is -0.493 e. The second kappa shape index (κ2) is 7.23. The zero-order chi connectivity index (χ0) is 21.0. The molecule has 0 saturated heterocycles. The molecule has 3 heterocycles. The number of rotatable bonds is 4. The second-order valence-electron chi connectivity index (χ2n) is 7.60. The van der Waals surface area contributed by atoms with Gasteiger partial charge in [-0.25, -0.2) is 0 Å². The van der Waals surface area contributed by atoms with Crippen LogP contribution in [0.1, 0.15) is 40.7 Å². The smallest absolute Gasteiger partial charge is 0.231 e. The lowest BCUT2D eigenvalue weighted by Crippen LogP contribution is -2.36. The van der Waals surface area contributed by atoms with Crippen molar-refractivity contribution in [1.29, 1.82) is 0 Å². The van der Waals surface area contributed by atoms with Gasteiger partial charge in [-0.3, -0.25) is 4.90 Å². The minimum atomic E-state index is -1.12. The van der Waals surface area contributed by atoms with E-state index in [0.29, 0.717) is 34.3 Å². The van der Waals surface area contributed by atoms with Gasteiger partial charge in [0, 0.05) is 12.1 Å². The molecular formula is C22H25NO7. The van der Waals surface area contributed by atoms with Gasteiger partial charge in [0.2, 0.25) is 12.5 Å². The minimum absolute atomic E-state index is 0.174. The molecule has 2 aromatic carbocycles. The molecule has 8 nitrogen and oxygen atoms in total. The average Bonchev–Trinajstić information content (AvgIpc) is 3.35. The summed E-state index contributed by atoms with van der Waals surface area (Å²) in [7, 11) is 6.81. The number of hydrogen-bond donors (Lipinski definition) is 1. The highest BCUT2D eigenvalue weighted by Gasteiger charge is 2.45. The number of hydrogen-bond acceptors (Lipinski definition) is 8. The van der Waals surface area contributed by atoms with Gasteiger partial charge in [0.15, 0.2) is 29.3 Å². The Morgan fingerprint density at radius 3 is 2.57 bits per heavy atom. The summed E-state index contributed by atoms with van der Waals surface area (Å²) in [5.41, 5.74) is 3.59. The zero-order valence-electron chi connectivity index (χ0n) is 17.4. The standard InChI is InChI=1S/C22H25NO7/c1-23-8-7-11-9-14-20(29-10-28-14)21(27-4)15(11)17(23)18-12-5-6-13(25-2)19(26-3)16(12)22(24)30-18/h5-6,9,17-18,22,24H,7-8,10H2,1-4H3/t17-,18+,22-/m1/s1. The number of aliphatic hydroxyl groups excluding tert-OH is 1. The topological polar surface area (TPSA) is 78.9 Å². The summed E-state index contributed by atoms with van der Waals surface area (Å²) < 4.78 is 34.2. The van der Waals surface area contributed by atoms with E-state index >= 15 is 0 Å². The molecule has 0 bridgehead atoms. The van der Waals surface area contributed by atoms with Gasteiger partial charge < -0.3 is 33.5 Å². The van der Waals surface area contributed by atoms with Crippen molar-refractivity contribution in [3.05, 3.63) is 40.5 Å². The van der Waals surface area contributed by atoms with Crippen LogP contribution < -0.4 is 23.7 Å². The van der Waals surface area contributed by atoms with Crippen molar-refractivity contribution in [2.75, 3.05) is 41.7 Å². The molecule has 1 N–H and O–H groups in total. The Balaban J connectivity index is 1.68. The number of nitrogens with zero attached hydrogens (tertiary/aromatic N) is 1. The van der Waals surface area contributed by atoms with Crippen molar-refractivity contribution in [2.45, 2.75) is 24.9 Å². The van der Waals surface area contributed by atoms with Crippen molar-refractivity contribution in [1.82, 2.24) is 4.90 Å². The maximum absolute atomic E-state index is 10.8. The fraction of sp³-hybridized carbons (Fsp3) is 0.455. The average molecular weight is 415 g/mol. The Hall–Kier alpha value is -2.68. The lowest BCUT2D eigenvalue weighted by Gasteiger charge is -2.39. The number of fused-ring (bicyclic) bond motifs is 3. The van der Waals surface area contributed by atoms with Crippen LogP contribution in [-0.2, 0) is 11.2 Å². The third-order valence-electron chi connectivity index (χ3n) is 6.19. The van der Waals surface area contributed by atoms with Crippen LogP contribution in [0.5, 0.6) is 28.7 Å². The van der Waals surface area contributed by atoms with Gasteiger partial charge in [-0.2, -0.15) is 0 Å². The first kappa shape index (κ1) is 19.3. The first-order valence-corrected chi connectivity index (χ1v) is 9.86. The van der Waals surface area contributed by atoms with E-state index in [0.717, 1.165) is 29.7 Å². The zero-order valence-corrected chi connectivity index (χ0v) is 17.4. The molecule has 3 aliphatic rings. The van der Waals surface area contributed by atoms with E-state index in [1.54, 1.807) is 21.3 Å². The van der Waals surface area contributed by atoms with Crippen LogP contribution in [0.15, 0.2) is 18.2 Å². The maximum atomic E-state index is 10.8. The van der Waals surface area contributed by atoms with Crippen LogP contribution in [0.25, 0.3) is 0 Å². The normalized spacial score (nSPS) is 24.4. The van der Waals surface area contributed by atoms with Gasteiger partial charge in [-0.05, 0) is 36.7 Å². The first-order chi connectivity index (χ1) is 14.6.